The van der Waals surface area contributed by atoms with Gasteiger partial charge in [0.15, 0.2) is 0 Å². The Labute approximate surface area is 153 Å². The Kier molecular flexibility index (Phi) is 6.47. The number of pyridine rings is 1. The molecular weight excluding hydrogens is 354 g/mol. The van der Waals surface area contributed by atoms with Crippen molar-refractivity contribution in [2.75, 3.05) is 0 Å². The molecule has 1 amide bonds. The van der Waals surface area contributed by atoms with E-state index in [1.54, 1.807) is 56.0 Å². The molecule has 1 heterocycles. The molecule has 0 aliphatic rings. The number of amides is 1. The molecule has 2 N–H and O–H groups in total. The molecular formula is C18H23N3O4S. The van der Waals surface area contributed by atoms with Crippen LogP contribution in [0.5, 0.6) is 0 Å². The highest BCUT2D eigenvalue weighted by Crippen LogP contribution is 2.25. The Morgan fingerprint density at radius 1 is 1.23 bits per heavy atom. The van der Waals surface area contributed by atoms with Gasteiger partial charge in [0.05, 0.1) is 4.90 Å². The van der Waals surface area contributed by atoms with Gasteiger partial charge < -0.3 is 0 Å². The lowest BCUT2D eigenvalue weighted by Gasteiger charge is -2.32. The van der Waals surface area contributed by atoms with Crippen LogP contribution in [-0.2, 0) is 21.4 Å². The highest BCUT2D eigenvalue weighted by Gasteiger charge is 2.38. The fraction of sp³-hybridized carbons (Fsp3) is 0.333. The largest absolute Gasteiger partial charge is 0.289 e. The van der Waals surface area contributed by atoms with Crippen LogP contribution >= 0.6 is 0 Å². The van der Waals surface area contributed by atoms with Crippen LogP contribution in [0.2, 0.25) is 0 Å². The Bertz CT molecular complexity index is 836. The summed E-state index contributed by atoms with van der Waals surface area (Å²) in [7, 11) is -3.98. The van der Waals surface area contributed by atoms with Crippen molar-refractivity contribution in [3.63, 3.8) is 0 Å². The predicted octanol–water partition coefficient (Wildman–Crippen LogP) is 2.11. The molecule has 1 aromatic carbocycles. The smallest absolute Gasteiger partial charge is 0.262 e. The van der Waals surface area contributed by atoms with Crippen molar-refractivity contribution in [3.8, 4) is 0 Å². The maximum absolute atomic E-state index is 13.3. The van der Waals surface area contributed by atoms with E-state index in [0.29, 0.717) is 5.56 Å². The number of rotatable bonds is 7. The molecule has 0 saturated heterocycles. The van der Waals surface area contributed by atoms with Crippen molar-refractivity contribution >= 4 is 15.9 Å². The summed E-state index contributed by atoms with van der Waals surface area (Å²) < 4.78 is 27.6. The maximum atomic E-state index is 13.3. The lowest BCUT2D eigenvalue weighted by molar-refractivity contribution is -0.134. The number of aryl methyl sites for hydroxylation is 1. The van der Waals surface area contributed by atoms with E-state index in [4.69, 9.17) is 5.21 Å². The number of carbonyl (C=O) groups excluding carboxylic acids is 1. The summed E-state index contributed by atoms with van der Waals surface area (Å²) in [4.78, 5) is 16.3. The van der Waals surface area contributed by atoms with Crippen LogP contribution in [-0.4, -0.2) is 34.9 Å². The number of aromatic nitrogens is 1. The number of nitrogens with one attached hydrogen (secondary N) is 1. The monoisotopic (exact) mass is 377 g/mol. The van der Waals surface area contributed by atoms with Gasteiger partial charge in [0.2, 0.25) is 10.0 Å². The van der Waals surface area contributed by atoms with E-state index in [9.17, 15) is 13.2 Å². The molecule has 1 aromatic heterocycles. The molecule has 7 nitrogen and oxygen atoms in total. The first-order chi connectivity index (χ1) is 12.3. The van der Waals surface area contributed by atoms with Crippen LogP contribution < -0.4 is 5.48 Å². The molecule has 0 spiro atoms. The minimum atomic E-state index is -3.98. The Hall–Kier alpha value is -2.29. The van der Waals surface area contributed by atoms with Crippen molar-refractivity contribution in [1.29, 1.82) is 0 Å². The summed E-state index contributed by atoms with van der Waals surface area (Å²) in [6, 6.07) is 8.77. The third-order valence-corrected chi connectivity index (χ3v) is 5.85. The van der Waals surface area contributed by atoms with Gasteiger partial charge in [-0.15, -0.1) is 0 Å². The number of nitrogens with zero attached hydrogens (tertiary/aromatic N) is 2. The first-order valence-corrected chi connectivity index (χ1v) is 9.62. The Morgan fingerprint density at radius 3 is 2.38 bits per heavy atom. The lowest BCUT2D eigenvalue weighted by Crippen LogP contribution is -2.51. The van der Waals surface area contributed by atoms with Crippen molar-refractivity contribution in [2.24, 2.45) is 5.92 Å². The standard InChI is InChI=1S/C18H23N3O4S/c1-13(2)17(18(22)20-23)21(12-15-5-4-10-19-11-15)26(24,25)16-8-6-14(3)7-9-16/h4-11,13,17,23H,12H2,1-3H3,(H,20,22)/t17-/m0/s1. The van der Waals surface area contributed by atoms with Crippen molar-refractivity contribution in [1.82, 2.24) is 14.8 Å². The summed E-state index contributed by atoms with van der Waals surface area (Å²) in [6.45, 7) is 5.27. The van der Waals surface area contributed by atoms with Crippen molar-refractivity contribution in [2.45, 2.75) is 38.3 Å². The van der Waals surface area contributed by atoms with E-state index in [-0.39, 0.29) is 17.4 Å². The summed E-state index contributed by atoms with van der Waals surface area (Å²) >= 11 is 0. The van der Waals surface area contributed by atoms with Gasteiger partial charge in [0, 0.05) is 18.9 Å². The highest BCUT2D eigenvalue weighted by molar-refractivity contribution is 7.89. The van der Waals surface area contributed by atoms with E-state index in [1.807, 2.05) is 6.92 Å². The normalized spacial score (nSPS) is 13.0. The van der Waals surface area contributed by atoms with Gasteiger partial charge in [-0.1, -0.05) is 37.6 Å². The van der Waals surface area contributed by atoms with Crippen molar-refractivity contribution < 1.29 is 18.4 Å². The molecule has 2 aromatic rings. The predicted molar refractivity (Wildman–Crippen MR) is 96.7 cm³/mol. The Morgan fingerprint density at radius 2 is 1.88 bits per heavy atom. The number of carbonyl (C=O) groups is 1. The topological polar surface area (TPSA) is 99.6 Å². The van der Waals surface area contributed by atoms with Gasteiger partial charge in [0.1, 0.15) is 6.04 Å². The summed E-state index contributed by atoms with van der Waals surface area (Å²) in [5, 5.41) is 9.11. The SMILES string of the molecule is Cc1ccc(S(=O)(=O)N(Cc2cccnc2)[C@H](C(=O)NO)C(C)C)cc1. The molecule has 140 valence electrons. The van der Waals surface area contributed by atoms with Gasteiger partial charge >= 0.3 is 0 Å². The second kappa shape index (κ2) is 8.39. The molecule has 26 heavy (non-hydrogen) atoms. The molecule has 2 rings (SSSR count). The molecule has 0 radical (unpaired) electrons. The maximum Gasteiger partial charge on any atom is 0.262 e. The fourth-order valence-electron chi connectivity index (χ4n) is 2.68. The molecule has 0 fully saturated rings. The number of hydrogen-bond donors (Lipinski definition) is 2. The fourth-order valence-corrected chi connectivity index (χ4v) is 4.39. The second-order valence-corrected chi connectivity index (χ2v) is 8.28. The van der Waals surface area contributed by atoms with Crippen LogP contribution in [0.1, 0.15) is 25.0 Å². The highest BCUT2D eigenvalue weighted by atomic mass is 32.2. The van der Waals surface area contributed by atoms with Crippen LogP contribution in [0.4, 0.5) is 0 Å². The number of hydrogen-bond acceptors (Lipinski definition) is 5. The molecule has 0 saturated carbocycles. The molecule has 0 aliphatic carbocycles. The third-order valence-electron chi connectivity index (χ3n) is 4.01. The van der Waals surface area contributed by atoms with E-state index >= 15 is 0 Å². The zero-order valence-electron chi connectivity index (χ0n) is 15.0. The third kappa shape index (κ3) is 4.46. The minimum Gasteiger partial charge on any atom is -0.289 e. The van der Waals surface area contributed by atoms with Crippen LogP contribution in [0, 0.1) is 12.8 Å². The molecule has 0 aliphatic heterocycles. The number of sulfonamides is 1. The van der Waals surface area contributed by atoms with Gasteiger partial charge in [0.25, 0.3) is 5.91 Å². The average molecular weight is 377 g/mol. The molecule has 0 bridgehead atoms. The first-order valence-electron chi connectivity index (χ1n) is 8.18. The van der Waals surface area contributed by atoms with Crippen molar-refractivity contribution in [3.05, 3.63) is 59.9 Å². The molecule has 8 heteroatoms. The summed E-state index contributed by atoms with van der Waals surface area (Å²) in [5.41, 5.74) is 3.15. The van der Waals surface area contributed by atoms with Crippen LogP contribution in [0.15, 0.2) is 53.7 Å². The van der Waals surface area contributed by atoms with E-state index in [1.165, 1.54) is 12.1 Å². The number of benzene rings is 1. The molecule has 0 unspecified atom stereocenters. The summed E-state index contributed by atoms with van der Waals surface area (Å²) in [5.74, 6) is -1.14. The summed E-state index contributed by atoms with van der Waals surface area (Å²) in [6.07, 6.45) is 3.13. The van der Waals surface area contributed by atoms with E-state index < -0.39 is 22.0 Å². The van der Waals surface area contributed by atoms with Gasteiger partial charge in [-0.25, -0.2) is 13.9 Å². The van der Waals surface area contributed by atoms with Crippen LogP contribution in [0.25, 0.3) is 0 Å². The Balaban J connectivity index is 2.54. The number of hydroxylamine groups is 1. The zero-order valence-corrected chi connectivity index (χ0v) is 15.8. The average Bonchev–Trinajstić information content (AvgIpc) is 2.62. The molecule has 1 atom stereocenters. The van der Waals surface area contributed by atoms with E-state index in [2.05, 4.69) is 4.98 Å². The van der Waals surface area contributed by atoms with E-state index in [0.717, 1.165) is 9.87 Å². The first kappa shape index (κ1) is 20.0. The lowest BCUT2D eigenvalue weighted by atomic mass is 10.0. The zero-order chi connectivity index (χ0) is 19.3. The van der Waals surface area contributed by atoms with Crippen LogP contribution in [0.3, 0.4) is 0 Å². The van der Waals surface area contributed by atoms with Gasteiger partial charge in [-0.05, 0) is 36.6 Å². The quantitative estimate of drug-likeness (QED) is 0.569. The second-order valence-electron chi connectivity index (χ2n) is 6.39. The minimum absolute atomic E-state index is 0.0414. The van der Waals surface area contributed by atoms with Gasteiger partial charge in [-0.2, -0.15) is 4.31 Å². The van der Waals surface area contributed by atoms with Gasteiger partial charge in [-0.3, -0.25) is 15.0 Å².